The Bertz CT molecular complexity index is 526. The van der Waals surface area contributed by atoms with Crippen LogP contribution in [0.25, 0.3) is 0 Å². The molecule has 1 aromatic rings. The summed E-state index contributed by atoms with van der Waals surface area (Å²) in [6.07, 6.45) is 2.58. The SMILES string of the molecule is O=C1C2CNCCN2c2ccccc2CN1CC1CC1. The van der Waals surface area contributed by atoms with Gasteiger partial charge in [-0.2, -0.15) is 0 Å². The molecule has 1 aliphatic carbocycles. The van der Waals surface area contributed by atoms with Crippen molar-refractivity contribution < 1.29 is 4.79 Å². The van der Waals surface area contributed by atoms with Crippen LogP contribution in [-0.2, 0) is 11.3 Å². The van der Waals surface area contributed by atoms with E-state index in [1.807, 2.05) is 0 Å². The number of nitrogens with one attached hydrogen (secondary N) is 1. The second-order valence-electron chi connectivity index (χ2n) is 6.20. The molecule has 2 fully saturated rings. The Labute approximate surface area is 119 Å². The minimum Gasteiger partial charge on any atom is -0.357 e. The van der Waals surface area contributed by atoms with E-state index in [0.717, 1.165) is 38.6 Å². The van der Waals surface area contributed by atoms with Crippen molar-refractivity contribution >= 4 is 11.6 Å². The molecule has 2 heterocycles. The van der Waals surface area contributed by atoms with E-state index in [4.69, 9.17) is 0 Å². The van der Waals surface area contributed by atoms with Crippen molar-refractivity contribution in [2.45, 2.75) is 25.4 Å². The fraction of sp³-hybridized carbons (Fsp3) is 0.562. The maximum absolute atomic E-state index is 12.9. The van der Waals surface area contributed by atoms with Crippen LogP contribution in [0.2, 0.25) is 0 Å². The first kappa shape index (κ1) is 12.2. The number of hydrogen-bond acceptors (Lipinski definition) is 3. The highest BCUT2D eigenvalue weighted by Gasteiger charge is 2.38. The van der Waals surface area contributed by atoms with Gasteiger partial charge >= 0.3 is 0 Å². The molecule has 3 aliphatic rings. The second kappa shape index (κ2) is 4.77. The van der Waals surface area contributed by atoms with Gasteiger partial charge in [-0.25, -0.2) is 0 Å². The molecule has 1 aromatic carbocycles. The van der Waals surface area contributed by atoms with E-state index in [1.54, 1.807) is 0 Å². The molecule has 4 heteroatoms. The number of amides is 1. The van der Waals surface area contributed by atoms with Crippen LogP contribution in [0.1, 0.15) is 18.4 Å². The highest BCUT2D eigenvalue weighted by Crippen LogP contribution is 2.34. The molecule has 4 nitrogen and oxygen atoms in total. The third-order valence-corrected chi connectivity index (χ3v) is 4.68. The van der Waals surface area contributed by atoms with E-state index in [9.17, 15) is 4.79 Å². The molecule has 1 amide bonds. The van der Waals surface area contributed by atoms with Gasteiger partial charge in [0.2, 0.25) is 5.91 Å². The molecule has 0 spiro atoms. The number of carbonyl (C=O) groups is 1. The van der Waals surface area contributed by atoms with Gasteiger partial charge in [-0.15, -0.1) is 0 Å². The highest BCUT2D eigenvalue weighted by molar-refractivity contribution is 5.87. The van der Waals surface area contributed by atoms with Crippen molar-refractivity contribution in [2.24, 2.45) is 5.92 Å². The van der Waals surface area contributed by atoms with Gasteiger partial charge in [-0.1, -0.05) is 18.2 Å². The number of rotatable bonds is 2. The maximum atomic E-state index is 12.9. The van der Waals surface area contributed by atoms with E-state index in [1.165, 1.54) is 24.1 Å². The summed E-state index contributed by atoms with van der Waals surface area (Å²) in [4.78, 5) is 17.3. The van der Waals surface area contributed by atoms with Crippen LogP contribution in [0.15, 0.2) is 24.3 Å². The largest absolute Gasteiger partial charge is 0.357 e. The lowest BCUT2D eigenvalue weighted by Crippen LogP contribution is -2.57. The van der Waals surface area contributed by atoms with Crippen molar-refractivity contribution in [3.63, 3.8) is 0 Å². The molecule has 106 valence electrons. The van der Waals surface area contributed by atoms with E-state index < -0.39 is 0 Å². The van der Waals surface area contributed by atoms with Crippen molar-refractivity contribution in [3.05, 3.63) is 29.8 Å². The van der Waals surface area contributed by atoms with E-state index in [0.29, 0.717) is 5.91 Å². The van der Waals surface area contributed by atoms with Crippen molar-refractivity contribution in [1.82, 2.24) is 10.2 Å². The Balaban J connectivity index is 1.71. The Morgan fingerprint density at radius 3 is 2.95 bits per heavy atom. The third kappa shape index (κ3) is 2.08. The number of para-hydroxylation sites is 1. The molecule has 1 saturated heterocycles. The van der Waals surface area contributed by atoms with Crippen LogP contribution in [0.3, 0.4) is 0 Å². The Kier molecular flexibility index (Phi) is 2.91. The summed E-state index contributed by atoms with van der Waals surface area (Å²) in [5.74, 6) is 1.05. The van der Waals surface area contributed by atoms with Crippen LogP contribution < -0.4 is 10.2 Å². The average molecular weight is 271 g/mol. The Morgan fingerprint density at radius 1 is 1.25 bits per heavy atom. The molecule has 4 rings (SSSR count). The number of benzene rings is 1. The molecule has 1 N–H and O–H groups in total. The molecule has 0 bridgehead atoms. The summed E-state index contributed by atoms with van der Waals surface area (Å²) in [5.41, 5.74) is 2.55. The molecular weight excluding hydrogens is 250 g/mol. The third-order valence-electron chi connectivity index (χ3n) is 4.68. The van der Waals surface area contributed by atoms with Crippen LogP contribution in [0, 0.1) is 5.92 Å². The van der Waals surface area contributed by atoms with Gasteiger partial charge in [0.15, 0.2) is 0 Å². The molecule has 1 atom stereocenters. The van der Waals surface area contributed by atoms with Gasteiger partial charge in [0.05, 0.1) is 0 Å². The van der Waals surface area contributed by atoms with Crippen molar-refractivity contribution in [2.75, 3.05) is 31.1 Å². The lowest BCUT2D eigenvalue weighted by atomic mass is 10.1. The number of nitrogens with zero attached hydrogens (tertiary/aromatic N) is 2. The lowest BCUT2D eigenvalue weighted by Gasteiger charge is -2.37. The van der Waals surface area contributed by atoms with E-state index in [2.05, 4.69) is 39.4 Å². The summed E-state index contributed by atoms with van der Waals surface area (Å²) in [6.45, 7) is 4.37. The maximum Gasteiger partial charge on any atom is 0.246 e. The van der Waals surface area contributed by atoms with Gasteiger partial charge in [-0.05, 0) is 30.4 Å². The van der Waals surface area contributed by atoms with Crippen LogP contribution in [0.5, 0.6) is 0 Å². The lowest BCUT2D eigenvalue weighted by molar-refractivity contribution is -0.133. The van der Waals surface area contributed by atoms with Gasteiger partial charge in [0.1, 0.15) is 6.04 Å². The summed E-state index contributed by atoms with van der Waals surface area (Å²) < 4.78 is 0. The molecular formula is C16H21N3O. The van der Waals surface area contributed by atoms with Crippen LogP contribution in [0.4, 0.5) is 5.69 Å². The zero-order chi connectivity index (χ0) is 13.5. The summed E-state index contributed by atoms with van der Waals surface area (Å²) >= 11 is 0. The quantitative estimate of drug-likeness (QED) is 0.878. The molecule has 1 unspecified atom stereocenters. The smallest absolute Gasteiger partial charge is 0.246 e. The number of piperazine rings is 1. The standard InChI is InChI=1S/C16H21N3O/c20-16-15-9-17-7-8-19(15)14-4-2-1-3-13(14)11-18(16)10-12-5-6-12/h1-4,12,15,17H,5-11H2. The monoisotopic (exact) mass is 271 g/mol. The molecule has 2 aliphatic heterocycles. The first-order chi connectivity index (χ1) is 9.83. The highest BCUT2D eigenvalue weighted by atomic mass is 16.2. The van der Waals surface area contributed by atoms with Crippen LogP contribution >= 0.6 is 0 Å². The molecule has 0 radical (unpaired) electrons. The molecule has 1 saturated carbocycles. The Hall–Kier alpha value is -1.55. The summed E-state index contributed by atoms with van der Waals surface area (Å²) in [7, 11) is 0. The zero-order valence-corrected chi connectivity index (χ0v) is 11.7. The second-order valence-corrected chi connectivity index (χ2v) is 6.20. The Morgan fingerprint density at radius 2 is 2.10 bits per heavy atom. The van der Waals surface area contributed by atoms with Gasteiger partial charge in [0.25, 0.3) is 0 Å². The molecule has 20 heavy (non-hydrogen) atoms. The minimum atomic E-state index is -0.0221. The van der Waals surface area contributed by atoms with Gasteiger partial charge < -0.3 is 15.1 Å². The predicted octanol–water partition coefficient (Wildman–Crippen LogP) is 1.22. The number of hydrogen-bond donors (Lipinski definition) is 1. The zero-order valence-electron chi connectivity index (χ0n) is 11.7. The average Bonchev–Trinajstić information content (AvgIpc) is 3.31. The van der Waals surface area contributed by atoms with Crippen molar-refractivity contribution in [1.29, 1.82) is 0 Å². The number of carbonyl (C=O) groups excluding carboxylic acids is 1. The first-order valence-electron chi connectivity index (χ1n) is 7.67. The normalized spacial score (nSPS) is 26.0. The fourth-order valence-electron chi connectivity index (χ4n) is 3.40. The number of anilines is 1. The van der Waals surface area contributed by atoms with Gasteiger partial charge in [-0.3, -0.25) is 4.79 Å². The number of fused-ring (bicyclic) bond motifs is 3. The van der Waals surface area contributed by atoms with Gasteiger partial charge in [0, 0.05) is 38.4 Å². The van der Waals surface area contributed by atoms with Crippen molar-refractivity contribution in [3.8, 4) is 0 Å². The fourth-order valence-corrected chi connectivity index (χ4v) is 3.40. The van der Waals surface area contributed by atoms with E-state index in [-0.39, 0.29) is 6.04 Å². The molecule has 0 aromatic heterocycles. The summed E-state index contributed by atoms with van der Waals surface area (Å²) in [6, 6.07) is 8.49. The predicted molar refractivity (Wildman–Crippen MR) is 78.6 cm³/mol. The summed E-state index contributed by atoms with van der Waals surface area (Å²) in [5, 5.41) is 3.37. The first-order valence-corrected chi connectivity index (χ1v) is 7.67. The minimum absolute atomic E-state index is 0.0221. The topological polar surface area (TPSA) is 35.6 Å². The van der Waals surface area contributed by atoms with Crippen LogP contribution in [-0.4, -0.2) is 43.0 Å². The van der Waals surface area contributed by atoms with E-state index >= 15 is 0 Å².